The highest BCUT2D eigenvalue weighted by atomic mass is 31.2. The highest BCUT2D eigenvalue weighted by Crippen LogP contribution is 2.45. The molecule has 4 nitrogen and oxygen atoms in total. The number of aromatic nitrogens is 1. The third-order valence-electron chi connectivity index (χ3n) is 2.34. The number of anilines is 1. The Labute approximate surface area is 107 Å². The first-order chi connectivity index (χ1) is 8.74. The first kappa shape index (κ1) is 12.8. The number of hydrogen-bond donors (Lipinski definition) is 1. The number of nitrogens with one attached hydrogen (secondary N) is 1. The molecule has 18 heavy (non-hydrogen) atoms. The summed E-state index contributed by atoms with van der Waals surface area (Å²) < 4.78 is 18.3. The highest BCUT2D eigenvalue weighted by Gasteiger charge is 2.25. The minimum absolute atomic E-state index is 0.374. The summed E-state index contributed by atoms with van der Waals surface area (Å²) in [5, 5.41) is 3.59. The zero-order valence-electron chi connectivity index (χ0n) is 10.1. The van der Waals surface area contributed by atoms with E-state index in [4.69, 9.17) is 4.52 Å². The fraction of sp³-hybridized carbons (Fsp3) is 0.154. The summed E-state index contributed by atoms with van der Waals surface area (Å²) >= 11 is 0. The van der Waals surface area contributed by atoms with Crippen LogP contribution < -0.4 is 10.4 Å². The van der Waals surface area contributed by atoms with Gasteiger partial charge in [-0.1, -0.05) is 18.2 Å². The van der Waals surface area contributed by atoms with Crippen LogP contribution in [0.2, 0.25) is 0 Å². The SMILES string of the molecule is CCOP(=O)(Nc1cccnc1)c1ccccc1. The molecule has 1 unspecified atom stereocenters. The quantitative estimate of drug-likeness (QED) is 0.841. The van der Waals surface area contributed by atoms with Gasteiger partial charge in [-0.25, -0.2) is 0 Å². The van der Waals surface area contributed by atoms with E-state index in [1.165, 1.54) is 0 Å². The molecule has 2 rings (SSSR count). The van der Waals surface area contributed by atoms with E-state index in [0.29, 0.717) is 17.6 Å². The predicted molar refractivity (Wildman–Crippen MR) is 73.2 cm³/mol. The maximum atomic E-state index is 12.8. The van der Waals surface area contributed by atoms with Gasteiger partial charge in [-0.3, -0.25) is 9.55 Å². The van der Waals surface area contributed by atoms with E-state index in [1.807, 2.05) is 31.2 Å². The molecule has 0 fully saturated rings. The molecule has 5 heteroatoms. The van der Waals surface area contributed by atoms with Gasteiger partial charge in [-0.05, 0) is 31.2 Å². The van der Waals surface area contributed by atoms with Gasteiger partial charge < -0.3 is 9.61 Å². The van der Waals surface area contributed by atoms with Gasteiger partial charge in [-0.2, -0.15) is 0 Å². The molecule has 0 aliphatic carbocycles. The van der Waals surface area contributed by atoms with Crippen molar-refractivity contribution in [2.24, 2.45) is 0 Å². The lowest BCUT2D eigenvalue weighted by Crippen LogP contribution is -2.14. The summed E-state index contributed by atoms with van der Waals surface area (Å²) in [6.45, 7) is 2.19. The van der Waals surface area contributed by atoms with E-state index in [9.17, 15) is 4.57 Å². The van der Waals surface area contributed by atoms with Crippen molar-refractivity contribution in [1.82, 2.24) is 4.98 Å². The highest BCUT2D eigenvalue weighted by molar-refractivity contribution is 7.68. The second-order valence-corrected chi connectivity index (χ2v) is 5.76. The Hall–Kier alpha value is -1.64. The van der Waals surface area contributed by atoms with Crippen LogP contribution in [0.4, 0.5) is 5.69 Å². The van der Waals surface area contributed by atoms with E-state index >= 15 is 0 Å². The third-order valence-corrected chi connectivity index (χ3v) is 4.50. The van der Waals surface area contributed by atoms with Crippen molar-refractivity contribution in [1.29, 1.82) is 0 Å². The molecule has 1 aromatic heterocycles. The molecule has 0 spiro atoms. The largest absolute Gasteiger partial charge is 0.323 e. The standard InChI is InChI=1S/C13H15N2O2P/c1-2-17-18(16,13-8-4-3-5-9-13)15-12-7-6-10-14-11-12/h3-11H,2H2,1H3,(H,15,16). The molecule has 2 aromatic rings. The van der Waals surface area contributed by atoms with Crippen LogP contribution in [-0.2, 0) is 9.09 Å². The fourth-order valence-electron chi connectivity index (χ4n) is 1.58. The molecule has 0 saturated heterocycles. The van der Waals surface area contributed by atoms with Gasteiger partial charge in [0.05, 0.1) is 23.8 Å². The van der Waals surface area contributed by atoms with Gasteiger partial charge in [-0.15, -0.1) is 0 Å². The Balaban J connectivity index is 2.31. The van der Waals surface area contributed by atoms with Gasteiger partial charge in [0, 0.05) is 6.20 Å². The second-order valence-electron chi connectivity index (χ2n) is 3.66. The molecular weight excluding hydrogens is 247 g/mol. The molecule has 0 radical (unpaired) electrons. The van der Waals surface area contributed by atoms with E-state index in [-0.39, 0.29) is 0 Å². The molecular formula is C13H15N2O2P. The van der Waals surface area contributed by atoms with Crippen LogP contribution in [0.5, 0.6) is 0 Å². The summed E-state index contributed by atoms with van der Waals surface area (Å²) in [6.07, 6.45) is 3.29. The number of nitrogens with zero attached hydrogens (tertiary/aromatic N) is 1. The molecule has 1 N–H and O–H groups in total. The van der Waals surface area contributed by atoms with Crippen LogP contribution in [0.15, 0.2) is 54.9 Å². The van der Waals surface area contributed by atoms with Crippen LogP contribution >= 0.6 is 7.52 Å². The van der Waals surface area contributed by atoms with Gasteiger partial charge in [0.25, 0.3) is 0 Å². The van der Waals surface area contributed by atoms with Gasteiger partial charge in [0.15, 0.2) is 0 Å². The number of rotatable bonds is 5. The lowest BCUT2D eigenvalue weighted by atomic mass is 10.4. The Kier molecular flexibility index (Phi) is 4.13. The second kappa shape index (κ2) is 5.80. The Morgan fingerprint density at radius 1 is 1.22 bits per heavy atom. The molecule has 0 aliphatic rings. The first-order valence-electron chi connectivity index (χ1n) is 5.73. The van der Waals surface area contributed by atoms with Crippen LogP contribution in [0, 0.1) is 0 Å². The van der Waals surface area contributed by atoms with Crippen molar-refractivity contribution in [2.75, 3.05) is 11.7 Å². The van der Waals surface area contributed by atoms with E-state index in [1.54, 1.807) is 30.6 Å². The topological polar surface area (TPSA) is 51.2 Å². The summed E-state index contributed by atoms with van der Waals surface area (Å²) in [5.74, 6) is 0. The molecule has 1 atom stereocenters. The van der Waals surface area contributed by atoms with Crippen LogP contribution in [0.25, 0.3) is 0 Å². The van der Waals surface area contributed by atoms with E-state index < -0.39 is 7.52 Å². The smallest absolute Gasteiger partial charge is 0.310 e. The van der Waals surface area contributed by atoms with Crippen LogP contribution in [-0.4, -0.2) is 11.6 Å². The maximum Gasteiger partial charge on any atom is 0.323 e. The maximum absolute atomic E-state index is 12.8. The predicted octanol–water partition coefficient (Wildman–Crippen LogP) is 3.05. The molecule has 0 aliphatic heterocycles. The molecule has 0 amide bonds. The fourth-order valence-corrected chi connectivity index (χ4v) is 3.32. The lowest BCUT2D eigenvalue weighted by Gasteiger charge is -2.19. The minimum atomic E-state index is -3.08. The van der Waals surface area contributed by atoms with Gasteiger partial charge in [0.1, 0.15) is 0 Å². The van der Waals surface area contributed by atoms with E-state index in [0.717, 1.165) is 0 Å². The zero-order valence-corrected chi connectivity index (χ0v) is 11.0. The van der Waals surface area contributed by atoms with Crippen molar-refractivity contribution in [3.8, 4) is 0 Å². The van der Waals surface area contributed by atoms with Gasteiger partial charge >= 0.3 is 7.52 Å². The third kappa shape index (κ3) is 2.97. The van der Waals surface area contributed by atoms with E-state index in [2.05, 4.69) is 10.1 Å². The average Bonchev–Trinajstić information content (AvgIpc) is 2.41. The Morgan fingerprint density at radius 3 is 2.61 bits per heavy atom. The summed E-state index contributed by atoms with van der Waals surface area (Å²) in [7, 11) is -3.08. The molecule has 1 aromatic carbocycles. The van der Waals surface area contributed by atoms with Crippen molar-refractivity contribution in [3.63, 3.8) is 0 Å². The Morgan fingerprint density at radius 2 is 2.00 bits per heavy atom. The summed E-state index contributed by atoms with van der Waals surface area (Å²) in [4.78, 5) is 3.98. The first-order valence-corrected chi connectivity index (χ1v) is 7.35. The average molecular weight is 262 g/mol. The van der Waals surface area contributed by atoms with Crippen molar-refractivity contribution in [2.45, 2.75) is 6.92 Å². The van der Waals surface area contributed by atoms with Crippen LogP contribution in [0.3, 0.4) is 0 Å². The molecule has 0 bridgehead atoms. The number of hydrogen-bond acceptors (Lipinski definition) is 3. The number of benzene rings is 1. The molecule has 94 valence electrons. The van der Waals surface area contributed by atoms with Gasteiger partial charge in [0.2, 0.25) is 0 Å². The normalized spacial score (nSPS) is 13.8. The lowest BCUT2D eigenvalue weighted by molar-refractivity contribution is 0.344. The Bertz CT molecular complexity index is 531. The summed E-state index contributed by atoms with van der Waals surface area (Å²) in [5.41, 5.74) is 0.679. The van der Waals surface area contributed by atoms with Crippen molar-refractivity contribution < 1.29 is 9.09 Å². The summed E-state index contributed by atoms with van der Waals surface area (Å²) in [6, 6.07) is 12.7. The van der Waals surface area contributed by atoms with Crippen LogP contribution in [0.1, 0.15) is 6.92 Å². The monoisotopic (exact) mass is 262 g/mol. The molecule has 1 heterocycles. The minimum Gasteiger partial charge on any atom is -0.310 e. The molecule has 0 saturated carbocycles. The van der Waals surface area contributed by atoms with Crippen molar-refractivity contribution >= 4 is 18.5 Å². The number of pyridine rings is 1. The van der Waals surface area contributed by atoms with Crippen molar-refractivity contribution in [3.05, 3.63) is 54.9 Å². The zero-order chi connectivity index (χ0) is 12.8.